The van der Waals surface area contributed by atoms with Crippen molar-refractivity contribution in [2.45, 2.75) is 0 Å². The lowest BCUT2D eigenvalue weighted by atomic mass is 10.0. The van der Waals surface area contributed by atoms with Gasteiger partial charge in [0.2, 0.25) is 5.91 Å². The van der Waals surface area contributed by atoms with Crippen LogP contribution in [0.25, 0.3) is 0 Å². The maximum absolute atomic E-state index is 11.3. The Morgan fingerprint density at radius 3 is 2.69 bits per heavy atom. The van der Waals surface area contributed by atoms with Gasteiger partial charge in [-0.15, -0.1) is 24.2 Å². The van der Waals surface area contributed by atoms with Crippen molar-refractivity contribution in [3.8, 4) is 0 Å². The first-order valence-corrected chi connectivity index (χ1v) is 6.02. The summed E-state index contributed by atoms with van der Waals surface area (Å²) in [6.07, 6.45) is 0. The fraction of sp³-hybridized carbons (Fsp3) is 0.778. The van der Waals surface area contributed by atoms with Crippen molar-refractivity contribution in [3.63, 3.8) is 0 Å². The average molecular weight is 269 g/mol. The number of carbonyl (C=O) groups is 2. The molecule has 94 valence electrons. The molecule has 1 heterocycles. The summed E-state index contributed by atoms with van der Waals surface area (Å²) in [6, 6.07) is 0. The van der Waals surface area contributed by atoms with Crippen molar-refractivity contribution < 1.29 is 14.3 Å². The van der Waals surface area contributed by atoms with Gasteiger partial charge < -0.3 is 15.4 Å². The van der Waals surface area contributed by atoms with Gasteiger partial charge in [-0.2, -0.15) is 0 Å². The van der Waals surface area contributed by atoms with Gasteiger partial charge in [0.25, 0.3) is 0 Å². The minimum absolute atomic E-state index is 0. The third-order valence-electron chi connectivity index (χ3n) is 2.15. The van der Waals surface area contributed by atoms with E-state index in [2.05, 4.69) is 15.4 Å². The molecule has 7 heteroatoms. The lowest BCUT2D eigenvalue weighted by Gasteiger charge is -2.25. The maximum atomic E-state index is 11.3. The number of amides is 1. The molecule has 2 N–H and O–H groups in total. The number of thioether (sulfide) groups is 1. The van der Waals surface area contributed by atoms with Gasteiger partial charge in [0.05, 0.1) is 18.8 Å². The molecule has 0 aromatic heterocycles. The molecular formula is C9H17ClN2O3S. The first-order chi connectivity index (χ1) is 7.24. The Labute approximate surface area is 105 Å². The summed E-state index contributed by atoms with van der Waals surface area (Å²) in [5.74, 6) is 1.09. The predicted octanol–water partition coefficient (Wildman–Crippen LogP) is -0.350. The predicted molar refractivity (Wildman–Crippen MR) is 66.0 cm³/mol. The van der Waals surface area contributed by atoms with Crippen molar-refractivity contribution >= 4 is 36.0 Å². The van der Waals surface area contributed by atoms with Crippen LogP contribution in [0, 0.1) is 5.92 Å². The second-order valence-electron chi connectivity index (χ2n) is 3.27. The monoisotopic (exact) mass is 268 g/mol. The van der Waals surface area contributed by atoms with Gasteiger partial charge in [-0.3, -0.25) is 9.59 Å². The van der Waals surface area contributed by atoms with Crippen LogP contribution in [0.5, 0.6) is 0 Å². The van der Waals surface area contributed by atoms with E-state index in [9.17, 15) is 9.59 Å². The first kappa shape index (κ1) is 15.5. The maximum Gasteiger partial charge on any atom is 0.315 e. The molecule has 0 aromatic rings. The number of nitrogens with one attached hydrogen (secondary N) is 2. The largest absolute Gasteiger partial charge is 0.468 e. The third-order valence-corrected chi connectivity index (χ3v) is 3.08. The summed E-state index contributed by atoms with van der Waals surface area (Å²) in [5, 5.41) is 5.86. The molecule has 0 atom stereocenters. The molecule has 0 bridgehead atoms. The zero-order chi connectivity index (χ0) is 11.1. The average Bonchev–Trinajstić information content (AvgIpc) is 2.14. The smallest absolute Gasteiger partial charge is 0.315 e. The topological polar surface area (TPSA) is 67.4 Å². The molecule has 1 rings (SSSR count). The number of hydrogen-bond acceptors (Lipinski definition) is 5. The highest BCUT2D eigenvalue weighted by Crippen LogP contribution is 2.03. The van der Waals surface area contributed by atoms with Crippen LogP contribution in [0.3, 0.4) is 0 Å². The number of rotatable bonds is 6. The Morgan fingerprint density at radius 2 is 2.19 bits per heavy atom. The molecule has 0 unspecified atom stereocenters. The molecule has 1 amide bonds. The highest BCUT2D eigenvalue weighted by atomic mass is 35.5. The van der Waals surface area contributed by atoms with E-state index in [0.29, 0.717) is 12.3 Å². The van der Waals surface area contributed by atoms with Crippen LogP contribution in [0.15, 0.2) is 0 Å². The molecule has 1 aliphatic rings. The Bertz CT molecular complexity index is 237. The summed E-state index contributed by atoms with van der Waals surface area (Å²) in [4.78, 5) is 22.1. The van der Waals surface area contributed by atoms with Gasteiger partial charge in [0.15, 0.2) is 0 Å². The van der Waals surface area contributed by atoms with E-state index in [-0.39, 0.29) is 30.2 Å². The third kappa shape index (κ3) is 5.58. The van der Waals surface area contributed by atoms with Crippen LogP contribution >= 0.6 is 24.2 Å². The number of methoxy groups -OCH3 is 1. The van der Waals surface area contributed by atoms with Crippen LogP contribution in [0.4, 0.5) is 0 Å². The van der Waals surface area contributed by atoms with Crippen molar-refractivity contribution in [3.05, 3.63) is 0 Å². The quantitative estimate of drug-likeness (QED) is 0.509. The van der Waals surface area contributed by atoms with E-state index < -0.39 is 0 Å². The molecule has 0 aliphatic carbocycles. The van der Waals surface area contributed by atoms with Crippen LogP contribution in [0.2, 0.25) is 0 Å². The van der Waals surface area contributed by atoms with E-state index in [1.165, 1.54) is 18.9 Å². The zero-order valence-electron chi connectivity index (χ0n) is 9.15. The lowest BCUT2D eigenvalue weighted by molar-refractivity contribution is -0.137. The van der Waals surface area contributed by atoms with Gasteiger partial charge >= 0.3 is 5.97 Å². The highest BCUT2D eigenvalue weighted by molar-refractivity contribution is 7.99. The first-order valence-electron chi connectivity index (χ1n) is 4.87. The number of esters is 1. The minimum Gasteiger partial charge on any atom is -0.468 e. The van der Waals surface area contributed by atoms with Crippen LogP contribution in [-0.2, 0) is 14.3 Å². The molecule has 5 nitrogen and oxygen atoms in total. The molecule has 16 heavy (non-hydrogen) atoms. The van der Waals surface area contributed by atoms with Crippen LogP contribution in [0.1, 0.15) is 0 Å². The van der Waals surface area contributed by atoms with E-state index >= 15 is 0 Å². The molecule has 1 aliphatic heterocycles. The van der Waals surface area contributed by atoms with Crippen molar-refractivity contribution in [1.29, 1.82) is 0 Å². The van der Waals surface area contributed by atoms with Crippen LogP contribution < -0.4 is 10.6 Å². The number of hydrogen-bond donors (Lipinski definition) is 2. The standard InChI is InChI=1S/C9H16N2O3S.ClH/c1-14-8(12)6-15-3-2-11-9(13)7-4-10-5-7;/h7,10H,2-6H2,1H3,(H,11,13);1H. The van der Waals surface area contributed by atoms with E-state index in [1.54, 1.807) is 0 Å². The second kappa shape index (κ2) is 8.66. The van der Waals surface area contributed by atoms with E-state index in [0.717, 1.165) is 18.8 Å². The van der Waals surface area contributed by atoms with Crippen LogP contribution in [-0.4, -0.2) is 50.1 Å². The zero-order valence-corrected chi connectivity index (χ0v) is 10.8. The van der Waals surface area contributed by atoms with Crippen molar-refractivity contribution in [2.75, 3.05) is 38.2 Å². The van der Waals surface area contributed by atoms with Crippen molar-refractivity contribution in [2.24, 2.45) is 5.92 Å². The van der Waals surface area contributed by atoms with E-state index in [4.69, 9.17) is 0 Å². The Hall–Kier alpha value is -0.460. The van der Waals surface area contributed by atoms with Gasteiger partial charge in [-0.05, 0) is 0 Å². The summed E-state index contributed by atoms with van der Waals surface area (Å²) in [5.41, 5.74) is 0. The molecular weight excluding hydrogens is 252 g/mol. The fourth-order valence-corrected chi connectivity index (χ4v) is 1.75. The van der Waals surface area contributed by atoms with Crippen molar-refractivity contribution in [1.82, 2.24) is 10.6 Å². The molecule has 1 saturated heterocycles. The van der Waals surface area contributed by atoms with Gasteiger partial charge in [0, 0.05) is 25.4 Å². The highest BCUT2D eigenvalue weighted by Gasteiger charge is 2.23. The van der Waals surface area contributed by atoms with E-state index in [1.807, 2.05) is 0 Å². The SMILES string of the molecule is COC(=O)CSCCNC(=O)C1CNC1.Cl. The number of ether oxygens (including phenoxy) is 1. The fourth-order valence-electron chi connectivity index (χ4n) is 1.08. The summed E-state index contributed by atoms with van der Waals surface area (Å²) >= 11 is 1.46. The normalized spacial score (nSPS) is 14.6. The van der Waals surface area contributed by atoms with Gasteiger partial charge in [-0.25, -0.2) is 0 Å². The summed E-state index contributed by atoms with van der Waals surface area (Å²) in [6.45, 7) is 2.17. The minimum atomic E-state index is -0.227. The number of halogens is 1. The molecule has 0 saturated carbocycles. The molecule has 1 fully saturated rings. The molecule has 0 radical (unpaired) electrons. The Balaban J connectivity index is 0.00000225. The second-order valence-corrected chi connectivity index (χ2v) is 4.38. The lowest BCUT2D eigenvalue weighted by Crippen LogP contribution is -2.51. The molecule has 0 spiro atoms. The summed E-state index contributed by atoms with van der Waals surface area (Å²) in [7, 11) is 1.37. The Kier molecular flexibility index (Phi) is 8.42. The molecule has 0 aromatic carbocycles. The Morgan fingerprint density at radius 1 is 1.50 bits per heavy atom. The number of carbonyl (C=O) groups excluding carboxylic acids is 2. The van der Waals surface area contributed by atoms with Gasteiger partial charge in [-0.1, -0.05) is 0 Å². The summed E-state index contributed by atoms with van der Waals surface area (Å²) < 4.78 is 4.49. The van der Waals surface area contributed by atoms with Gasteiger partial charge in [0.1, 0.15) is 0 Å².